The molecular weight excluding hydrogens is 426 g/mol. The minimum atomic E-state index is -0.136. The summed E-state index contributed by atoms with van der Waals surface area (Å²) in [6.07, 6.45) is 7.13. The van der Waals surface area contributed by atoms with Gasteiger partial charge < -0.3 is 9.47 Å². The van der Waals surface area contributed by atoms with Crippen LogP contribution in [0.15, 0.2) is 30.4 Å². The topological polar surface area (TPSA) is 80.0 Å². The molecule has 1 saturated carbocycles. The van der Waals surface area contributed by atoms with Crippen molar-refractivity contribution in [3.63, 3.8) is 0 Å². The Labute approximate surface area is 201 Å². The van der Waals surface area contributed by atoms with Gasteiger partial charge in [-0.2, -0.15) is 0 Å². The van der Waals surface area contributed by atoms with Gasteiger partial charge in [0.25, 0.3) is 5.91 Å². The number of rotatable bonds is 5. The van der Waals surface area contributed by atoms with E-state index >= 15 is 0 Å². The number of nitrogens with zero attached hydrogens (tertiary/aromatic N) is 7. The zero-order chi connectivity index (χ0) is 24.3. The van der Waals surface area contributed by atoms with E-state index in [0.29, 0.717) is 40.9 Å². The van der Waals surface area contributed by atoms with Crippen molar-refractivity contribution in [2.24, 2.45) is 5.92 Å². The van der Waals surface area contributed by atoms with Crippen LogP contribution in [-0.4, -0.2) is 44.2 Å². The summed E-state index contributed by atoms with van der Waals surface area (Å²) in [4.78, 5) is 26.6. The lowest BCUT2D eigenvalue weighted by atomic mass is 10.0. The molecule has 2 aliphatic heterocycles. The van der Waals surface area contributed by atoms with Crippen molar-refractivity contribution < 1.29 is 6.17 Å². The van der Waals surface area contributed by atoms with Crippen LogP contribution < -0.4 is 9.80 Å². The van der Waals surface area contributed by atoms with E-state index in [1.165, 1.54) is 25.7 Å². The standard InChI is InChI=1S/C26H31N7O/c1-26(2)12-11-22-29-30-24(33(22)26)20-9-6-10-21(28-20)32-16-18-14-27-23(13-19(18)25(32)34)31(3)15-17-7-4-5-8-17/h6,9-10,13-14,17H,4-5,7-8,11-12,15-16H2,1-3H3/i14D. The van der Waals surface area contributed by atoms with Crippen LogP contribution in [0.2, 0.25) is 0 Å². The van der Waals surface area contributed by atoms with Gasteiger partial charge in [-0.15, -0.1) is 10.2 Å². The molecule has 1 aliphatic carbocycles. The first-order valence-electron chi connectivity index (χ1n) is 12.8. The molecule has 0 spiro atoms. The van der Waals surface area contributed by atoms with E-state index in [-0.39, 0.29) is 17.6 Å². The third-order valence-corrected chi connectivity index (χ3v) is 7.63. The molecule has 3 aliphatic rings. The lowest BCUT2D eigenvalue weighted by Gasteiger charge is -2.22. The van der Waals surface area contributed by atoms with Crippen LogP contribution in [-0.2, 0) is 18.5 Å². The molecule has 0 atom stereocenters. The first kappa shape index (κ1) is 20.1. The molecule has 176 valence electrons. The molecule has 8 heteroatoms. The van der Waals surface area contributed by atoms with E-state index in [4.69, 9.17) is 6.35 Å². The van der Waals surface area contributed by atoms with Crippen molar-refractivity contribution >= 4 is 17.5 Å². The van der Waals surface area contributed by atoms with Gasteiger partial charge in [0, 0.05) is 37.3 Å². The van der Waals surface area contributed by atoms with Gasteiger partial charge in [-0.25, -0.2) is 9.97 Å². The first-order chi connectivity index (χ1) is 16.8. The van der Waals surface area contributed by atoms with E-state index in [1.807, 2.05) is 31.3 Å². The SMILES string of the molecule is [2H]c1nc(N(C)CC2CCCC2)cc2c1CN(c1cccc(-c3nnc4n3C(C)(C)CC4)n1)C2=O. The number of carbonyl (C=O) groups excluding carboxylic acids is 1. The van der Waals surface area contributed by atoms with Crippen molar-refractivity contribution in [3.05, 3.63) is 47.4 Å². The Kier molecular flexibility index (Phi) is 4.67. The molecule has 0 radical (unpaired) electrons. The van der Waals surface area contributed by atoms with E-state index < -0.39 is 0 Å². The predicted octanol–water partition coefficient (Wildman–Crippen LogP) is 4.20. The number of carbonyl (C=O) groups is 1. The number of fused-ring (bicyclic) bond motifs is 2. The Morgan fingerprint density at radius 2 is 2.06 bits per heavy atom. The normalized spacial score (nSPS) is 19.4. The summed E-state index contributed by atoms with van der Waals surface area (Å²) in [5.74, 6) is 3.47. The van der Waals surface area contributed by atoms with Gasteiger partial charge >= 0.3 is 0 Å². The lowest BCUT2D eigenvalue weighted by Crippen LogP contribution is -2.26. The molecule has 6 rings (SSSR count). The molecule has 1 fully saturated rings. The maximum Gasteiger partial charge on any atom is 0.260 e. The molecule has 0 unspecified atom stereocenters. The molecule has 8 nitrogen and oxygen atoms in total. The average Bonchev–Trinajstić information content (AvgIpc) is 3.61. The molecule has 3 aromatic heterocycles. The first-order valence-corrected chi connectivity index (χ1v) is 12.3. The zero-order valence-corrected chi connectivity index (χ0v) is 20.1. The minimum absolute atomic E-state index is 0.0712. The van der Waals surface area contributed by atoms with Crippen LogP contribution in [0.1, 0.15) is 69.1 Å². The maximum absolute atomic E-state index is 13.5. The third kappa shape index (κ3) is 3.47. The number of anilines is 2. The average molecular weight is 459 g/mol. The summed E-state index contributed by atoms with van der Waals surface area (Å²) in [6.45, 7) is 5.58. The van der Waals surface area contributed by atoms with E-state index in [0.717, 1.165) is 31.0 Å². The Hall–Kier alpha value is -3.29. The summed E-state index contributed by atoms with van der Waals surface area (Å²) in [7, 11) is 2.01. The maximum atomic E-state index is 13.5. The number of aryl methyl sites for hydroxylation is 1. The van der Waals surface area contributed by atoms with E-state index in [1.54, 1.807) is 4.90 Å². The fourth-order valence-corrected chi connectivity index (χ4v) is 5.68. The predicted molar refractivity (Wildman–Crippen MR) is 131 cm³/mol. The largest absolute Gasteiger partial charge is 0.359 e. The second-order valence-corrected chi connectivity index (χ2v) is 10.5. The fourth-order valence-electron chi connectivity index (χ4n) is 5.68. The van der Waals surface area contributed by atoms with Crippen molar-refractivity contribution in [3.8, 4) is 11.5 Å². The van der Waals surface area contributed by atoms with Crippen LogP contribution in [0.25, 0.3) is 11.5 Å². The third-order valence-electron chi connectivity index (χ3n) is 7.63. The highest BCUT2D eigenvalue weighted by molar-refractivity contribution is 6.09. The lowest BCUT2D eigenvalue weighted by molar-refractivity contribution is 0.0996. The molecule has 0 bridgehead atoms. The molecule has 1 amide bonds. The summed E-state index contributed by atoms with van der Waals surface area (Å²) in [5.41, 5.74) is 1.83. The van der Waals surface area contributed by atoms with Crippen LogP contribution in [0, 0.1) is 5.92 Å². The van der Waals surface area contributed by atoms with Crippen molar-refractivity contribution in [1.82, 2.24) is 24.7 Å². The van der Waals surface area contributed by atoms with Gasteiger partial charge in [-0.3, -0.25) is 9.69 Å². The molecule has 0 aromatic carbocycles. The quantitative estimate of drug-likeness (QED) is 0.570. The van der Waals surface area contributed by atoms with Crippen LogP contribution in [0.4, 0.5) is 11.6 Å². The van der Waals surface area contributed by atoms with Gasteiger partial charge in [-0.05, 0) is 57.2 Å². The van der Waals surface area contributed by atoms with Crippen molar-refractivity contribution in [2.45, 2.75) is 64.5 Å². The highest BCUT2D eigenvalue weighted by atomic mass is 16.2. The summed E-state index contributed by atoms with van der Waals surface area (Å²) in [6, 6.07) is 7.50. The molecular formula is C26H31N7O. The Morgan fingerprint density at radius 1 is 1.24 bits per heavy atom. The summed E-state index contributed by atoms with van der Waals surface area (Å²) >= 11 is 0. The highest BCUT2D eigenvalue weighted by Gasteiger charge is 2.35. The summed E-state index contributed by atoms with van der Waals surface area (Å²) < 4.78 is 10.7. The Morgan fingerprint density at radius 3 is 2.88 bits per heavy atom. The van der Waals surface area contributed by atoms with E-state index in [9.17, 15) is 4.79 Å². The molecule has 0 N–H and O–H groups in total. The number of hydrogen-bond donors (Lipinski definition) is 0. The van der Waals surface area contributed by atoms with Gasteiger partial charge in [0.2, 0.25) is 0 Å². The van der Waals surface area contributed by atoms with Crippen molar-refractivity contribution in [1.29, 1.82) is 0 Å². The number of pyridine rings is 2. The number of hydrogen-bond acceptors (Lipinski definition) is 6. The van der Waals surface area contributed by atoms with Gasteiger partial charge in [-0.1, -0.05) is 18.9 Å². The molecule has 34 heavy (non-hydrogen) atoms. The van der Waals surface area contributed by atoms with E-state index in [2.05, 4.69) is 38.5 Å². The van der Waals surface area contributed by atoms with Crippen molar-refractivity contribution in [2.75, 3.05) is 23.4 Å². The molecule has 0 saturated heterocycles. The van der Waals surface area contributed by atoms with Crippen LogP contribution >= 0.6 is 0 Å². The Bertz CT molecular complexity index is 1310. The zero-order valence-electron chi connectivity index (χ0n) is 21.1. The highest BCUT2D eigenvalue weighted by Crippen LogP contribution is 2.36. The van der Waals surface area contributed by atoms with Gasteiger partial charge in [0.1, 0.15) is 23.2 Å². The fraction of sp³-hybridized carbons (Fsp3) is 0.500. The van der Waals surface area contributed by atoms with Gasteiger partial charge in [0.15, 0.2) is 5.82 Å². The molecule has 3 aromatic rings. The monoisotopic (exact) mass is 458 g/mol. The second kappa shape index (κ2) is 7.89. The minimum Gasteiger partial charge on any atom is -0.359 e. The Balaban J connectivity index is 1.29. The molecule has 5 heterocycles. The summed E-state index contributed by atoms with van der Waals surface area (Å²) in [5, 5.41) is 8.79. The number of amides is 1. The van der Waals surface area contributed by atoms with Gasteiger partial charge in [0.05, 0.1) is 13.5 Å². The number of aromatic nitrogens is 5. The van der Waals surface area contributed by atoms with Crippen LogP contribution in [0.3, 0.4) is 0 Å². The van der Waals surface area contributed by atoms with Crippen LogP contribution in [0.5, 0.6) is 0 Å². The second-order valence-electron chi connectivity index (χ2n) is 10.5. The smallest absolute Gasteiger partial charge is 0.260 e.